The minimum atomic E-state index is -4.38. The summed E-state index contributed by atoms with van der Waals surface area (Å²) in [6, 6.07) is 0.426. The average molecular weight is 290 g/mol. The summed E-state index contributed by atoms with van der Waals surface area (Å²) in [5.74, 6) is -0.0806. The molecule has 9 heteroatoms. The van der Waals surface area contributed by atoms with Crippen LogP contribution in [-0.2, 0) is 14.8 Å². The van der Waals surface area contributed by atoms with Gasteiger partial charge in [0.25, 0.3) is 0 Å². The van der Waals surface area contributed by atoms with Gasteiger partial charge in [-0.25, -0.2) is 13.1 Å². The molecule has 2 N–H and O–H groups in total. The molecule has 0 aromatic carbocycles. The summed E-state index contributed by atoms with van der Waals surface area (Å²) >= 11 is 0. The van der Waals surface area contributed by atoms with Crippen molar-refractivity contribution in [3.63, 3.8) is 0 Å². The highest BCUT2D eigenvalue weighted by atomic mass is 32.2. The van der Waals surface area contributed by atoms with Crippen LogP contribution in [0.2, 0.25) is 0 Å². The quantitative estimate of drug-likeness (QED) is 0.597. The van der Waals surface area contributed by atoms with Crippen molar-refractivity contribution in [1.82, 2.24) is 10.0 Å². The van der Waals surface area contributed by atoms with Crippen molar-refractivity contribution in [1.29, 1.82) is 0 Å². The second-order valence-electron chi connectivity index (χ2n) is 4.11. The van der Waals surface area contributed by atoms with Crippen molar-refractivity contribution in [3.8, 4) is 0 Å². The smallest absolute Gasteiger partial charge is 0.371 e. The fraction of sp³-hybridized carbons (Fsp3) is 1.00. The van der Waals surface area contributed by atoms with Crippen LogP contribution in [0.3, 0.4) is 0 Å². The van der Waals surface area contributed by atoms with E-state index in [4.69, 9.17) is 0 Å². The van der Waals surface area contributed by atoms with Crippen LogP contribution >= 0.6 is 0 Å². The maximum Gasteiger partial charge on any atom is 0.411 e. The largest absolute Gasteiger partial charge is 0.411 e. The number of rotatable bonds is 9. The molecular weight excluding hydrogens is 273 g/mol. The normalized spacial score (nSPS) is 17.1. The Balaban J connectivity index is 2.01. The molecule has 1 aliphatic rings. The van der Waals surface area contributed by atoms with Crippen LogP contribution in [0.1, 0.15) is 12.8 Å². The van der Waals surface area contributed by atoms with Crippen LogP contribution in [0, 0.1) is 0 Å². The standard InChI is InChI=1S/C9H17F3N2O3S/c10-9(11,12)7-17-5-3-14-18(15,16)6-4-13-8-1-2-8/h8,13-14H,1-7H2. The molecule has 1 saturated carbocycles. The summed E-state index contributed by atoms with van der Waals surface area (Å²) in [5, 5.41) is 3.04. The Labute approximate surface area is 104 Å². The van der Waals surface area contributed by atoms with Gasteiger partial charge in [-0.3, -0.25) is 0 Å². The topological polar surface area (TPSA) is 67.4 Å². The Hall–Kier alpha value is -0.380. The fourth-order valence-electron chi connectivity index (χ4n) is 1.21. The number of sulfonamides is 1. The molecule has 0 aliphatic heterocycles. The molecule has 1 rings (SSSR count). The lowest BCUT2D eigenvalue weighted by atomic mass is 10.6. The molecule has 1 fully saturated rings. The summed E-state index contributed by atoms with van der Waals surface area (Å²) in [6.07, 6.45) is -2.25. The predicted octanol–water partition coefficient (Wildman–Crippen LogP) is 0.237. The van der Waals surface area contributed by atoms with Crippen LogP contribution in [0.25, 0.3) is 0 Å². The molecule has 0 amide bonds. The molecule has 108 valence electrons. The monoisotopic (exact) mass is 290 g/mol. The summed E-state index contributed by atoms with van der Waals surface area (Å²) in [6.45, 7) is -1.46. The fourth-order valence-corrected chi connectivity index (χ4v) is 2.14. The first kappa shape index (κ1) is 15.7. The minimum Gasteiger partial charge on any atom is -0.371 e. The van der Waals surface area contributed by atoms with Crippen molar-refractivity contribution in [2.45, 2.75) is 25.1 Å². The van der Waals surface area contributed by atoms with Gasteiger partial charge in [-0.2, -0.15) is 13.2 Å². The lowest BCUT2D eigenvalue weighted by Gasteiger charge is -2.09. The molecule has 0 radical (unpaired) electrons. The first-order valence-corrected chi connectivity index (χ1v) is 7.29. The molecule has 0 heterocycles. The second-order valence-corrected chi connectivity index (χ2v) is 6.04. The van der Waals surface area contributed by atoms with Crippen LogP contribution in [0.15, 0.2) is 0 Å². The zero-order valence-electron chi connectivity index (χ0n) is 9.79. The van der Waals surface area contributed by atoms with Gasteiger partial charge in [0, 0.05) is 19.1 Å². The zero-order chi connectivity index (χ0) is 13.6. The SMILES string of the molecule is O=S(=O)(CCNC1CC1)NCCOCC(F)(F)F. The minimum absolute atomic E-state index is 0.0806. The van der Waals surface area contributed by atoms with Crippen molar-refractivity contribution in [2.24, 2.45) is 0 Å². The van der Waals surface area contributed by atoms with Gasteiger partial charge in [0.05, 0.1) is 12.4 Å². The van der Waals surface area contributed by atoms with Crippen molar-refractivity contribution in [3.05, 3.63) is 0 Å². The van der Waals surface area contributed by atoms with E-state index in [-0.39, 0.29) is 18.9 Å². The maximum absolute atomic E-state index is 11.7. The third-order valence-electron chi connectivity index (χ3n) is 2.22. The van der Waals surface area contributed by atoms with E-state index in [1.165, 1.54) is 0 Å². The number of nitrogens with one attached hydrogen (secondary N) is 2. The Morgan fingerprint density at radius 3 is 2.44 bits per heavy atom. The summed E-state index contributed by atoms with van der Waals surface area (Å²) in [7, 11) is -3.44. The number of halogens is 3. The van der Waals surface area contributed by atoms with Crippen molar-refractivity contribution < 1.29 is 26.3 Å². The van der Waals surface area contributed by atoms with Crippen LogP contribution in [0.4, 0.5) is 13.2 Å². The summed E-state index contributed by atoms with van der Waals surface area (Å²) in [5.41, 5.74) is 0. The van der Waals surface area contributed by atoms with Gasteiger partial charge in [-0.1, -0.05) is 0 Å². The van der Waals surface area contributed by atoms with E-state index >= 15 is 0 Å². The highest BCUT2D eigenvalue weighted by Gasteiger charge is 2.27. The lowest BCUT2D eigenvalue weighted by molar-refractivity contribution is -0.173. The molecule has 0 bridgehead atoms. The van der Waals surface area contributed by atoms with Gasteiger partial charge >= 0.3 is 6.18 Å². The third-order valence-corrected chi connectivity index (χ3v) is 3.60. The molecule has 18 heavy (non-hydrogen) atoms. The van der Waals surface area contributed by atoms with E-state index in [0.29, 0.717) is 12.6 Å². The van der Waals surface area contributed by atoms with Crippen molar-refractivity contribution in [2.75, 3.05) is 32.1 Å². The lowest BCUT2D eigenvalue weighted by Crippen LogP contribution is -2.34. The van der Waals surface area contributed by atoms with Gasteiger partial charge in [0.1, 0.15) is 6.61 Å². The van der Waals surface area contributed by atoms with Crippen molar-refractivity contribution >= 4 is 10.0 Å². The van der Waals surface area contributed by atoms with Gasteiger partial charge < -0.3 is 10.1 Å². The molecule has 5 nitrogen and oxygen atoms in total. The van der Waals surface area contributed by atoms with E-state index in [1.807, 2.05) is 0 Å². The van der Waals surface area contributed by atoms with Crippen LogP contribution in [0.5, 0.6) is 0 Å². The molecular formula is C9H17F3N2O3S. The Morgan fingerprint density at radius 1 is 1.22 bits per heavy atom. The van der Waals surface area contributed by atoms with Crippen LogP contribution < -0.4 is 10.0 Å². The molecule has 0 spiro atoms. The van der Waals surface area contributed by atoms with Gasteiger partial charge in [0.2, 0.25) is 10.0 Å². The van der Waals surface area contributed by atoms with Gasteiger partial charge in [-0.05, 0) is 12.8 Å². The zero-order valence-corrected chi connectivity index (χ0v) is 10.6. The predicted molar refractivity (Wildman–Crippen MR) is 59.7 cm³/mol. The molecule has 0 aromatic rings. The number of hydrogen-bond donors (Lipinski definition) is 2. The Kier molecular flexibility index (Phi) is 5.83. The molecule has 0 unspecified atom stereocenters. The molecule has 0 saturated heterocycles. The highest BCUT2D eigenvalue weighted by molar-refractivity contribution is 7.89. The third kappa shape index (κ3) is 8.67. The molecule has 0 atom stereocenters. The maximum atomic E-state index is 11.7. The molecule has 1 aliphatic carbocycles. The number of alkyl halides is 3. The Bertz CT molecular complexity index is 341. The molecule has 0 aromatic heterocycles. The van der Waals surface area contributed by atoms with Gasteiger partial charge in [-0.15, -0.1) is 0 Å². The highest BCUT2D eigenvalue weighted by Crippen LogP contribution is 2.18. The van der Waals surface area contributed by atoms with Gasteiger partial charge in [0.15, 0.2) is 0 Å². The van der Waals surface area contributed by atoms with E-state index < -0.39 is 22.8 Å². The average Bonchev–Trinajstić information content (AvgIpc) is 2.99. The summed E-state index contributed by atoms with van der Waals surface area (Å²) in [4.78, 5) is 0. The van der Waals surface area contributed by atoms with E-state index in [2.05, 4.69) is 14.8 Å². The first-order valence-electron chi connectivity index (χ1n) is 5.64. The van der Waals surface area contributed by atoms with E-state index in [1.54, 1.807) is 0 Å². The van der Waals surface area contributed by atoms with E-state index in [9.17, 15) is 21.6 Å². The summed E-state index contributed by atoms with van der Waals surface area (Å²) < 4.78 is 64.3. The van der Waals surface area contributed by atoms with Crippen LogP contribution in [-0.4, -0.2) is 52.7 Å². The Morgan fingerprint density at radius 2 is 1.89 bits per heavy atom. The number of ether oxygens (including phenoxy) is 1. The number of hydrogen-bond acceptors (Lipinski definition) is 4. The first-order chi connectivity index (χ1) is 8.29. The second kappa shape index (κ2) is 6.69. The van der Waals surface area contributed by atoms with E-state index in [0.717, 1.165) is 12.8 Å².